The Morgan fingerprint density at radius 1 is 1.10 bits per heavy atom. The van der Waals surface area contributed by atoms with E-state index >= 15 is 0 Å². The van der Waals surface area contributed by atoms with Gasteiger partial charge in [0.1, 0.15) is 0 Å². The third-order valence-electron chi connectivity index (χ3n) is 5.55. The summed E-state index contributed by atoms with van der Waals surface area (Å²) >= 11 is 0. The van der Waals surface area contributed by atoms with Gasteiger partial charge in [-0.15, -0.1) is 0 Å². The van der Waals surface area contributed by atoms with Crippen molar-refractivity contribution >= 4 is 5.91 Å². The second-order valence-corrected chi connectivity index (χ2v) is 7.76. The molecule has 2 saturated carbocycles. The van der Waals surface area contributed by atoms with Crippen molar-refractivity contribution in [2.45, 2.75) is 70.8 Å². The molecule has 0 heterocycles. The van der Waals surface area contributed by atoms with E-state index in [-0.39, 0.29) is 11.3 Å². The van der Waals surface area contributed by atoms with Crippen LogP contribution in [0.15, 0.2) is 0 Å². The smallest absolute Gasteiger partial charge is 0.227 e. The van der Waals surface area contributed by atoms with Crippen LogP contribution in [0.25, 0.3) is 0 Å². The highest BCUT2D eigenvalue weighted by molar-refractivity contribution is 5.83. The Bertz CT molecular complexity index is 349. The fraction of sp³-hybridized carbons (Fsp3) is 0.938. The number of carbonyl (C=O) groups excluding carboxylic acids is 1. The van der Waals surface area contributed by atoms with Crippen molar-refractivity contribution in [3.05, 3.63) is 0 Å². The van der Waals surface area contributed by atoms with E-state index < -0.39 is 5.60 Å². The van der Waals surface area contributed by atoms with Crippen LogP contribution in [0.1, 0.15) is 65.2 Å². The predicted octanol–water partition coefficient (Wildman–Crippen LogP) is 1.95. The average molecular weight is 282 g/mol. The van der Waals surface area contributed by atoms with Crippen molar-refractivity contribution in [2.75, 3.05) is 13.1 Å². The number of hydrogen-bond acceptors (Lipinski definition) is 3. The van der Waals surface area contributed by atoms with Crippen molar-refractivity contribution in [1.82, 2.24) is 5.32 Å². The van der Waals surface area contributed by atoms with E-state index in [1.54, 1.807) is 0 Å². The minimum Gasteiger partial charge on any atom is -0.388 e. The summed E-state index contributed by atoms with van der Waals surface area (Å²) in [5, 5.41) is 13.6. The molecule has 0 unspecified atom stereocenters. The molecule has 0 aromatic carbocycles. The first kappa shape index (κ1) is 15.8. The Balaban J connectivity index is 1.87. The molecule has 4 nitrogen and oxygen atoms in total. The fourth-order valence-corrected chi connectivity index (χ4v) is 3.58. The Morgan fingerprint density at radius 2 is 1.65 bits per heavy atom. The molecule has 1 amide bonds. The first-order valence-electron chi connectivity index (χ1n) is 8.02. The summed E-state index contributed by atoms with van der Waals surface area (Å²) in [5.74, 6) is 0.0516. The van der Waals surface area contributed by atoms with E-state index in [9.17, 15) is 9.90 Å². The van der Waals surface area contributed by atoms with Gasteiger partial charge in [-0.05, 0) is 43.9 Å². The highest BCUT2D eigenvalue weighted by Gasteiger charge is 2.42. The zero-order chi connectivity index (χ0) is 14.9. The van der Waals surface area contributed by atoms with Crippen molar-refractivity contribution in [3.63, 3.8) is 0 Å². The van der Waals surface area contributed by atoms with Crippen molar-refractivity contribution in [3.8, 4) is 0 Å². The van der Waals surface area contributed by atoms with Gasteiger partial charge in [0.15, 0.2) is 0 Å². The van der Waals surface area contributed by atoms with Gasteiger partial charge in [-0.1, -0.05) is 26.7 Å². The lowest BCUT2D eigenvalue weighted by molar-refractivity contribution is -0.132. The number of nitrogens with one attached hydrogen (secondary N) is 1. The lowest BCUT2D eigenvalue weighted by Crippen LogP contribution is -2.51. The van der Waals surface area contributed by atoms with Crippen molar-refractivity contribution in [1.29, 1.82) is 0 Å². The highest BCUT2D eigenvalue weighted by atomic mass is 16.3. The molecule has 116 valence electrons. The third kappa shape index (κ3) is 3.34. The quantitative estimate of drug-likeness (QED) is 0.738. The molecule has 2 rings (SSSR count). The van der Waals surface area contributed by atoms with Crippen LogP contribution in [0, 0.1) is 10.8 Å². The number of amides is 1. The van der Waals surface area contributed by atoms with Gasteiger partial charge in [-0.25, -0.2) is 0 Å². The normalized spacial score (nSPS) is 27.2. The zero-order valence-corrected chi connectivity index (χ0v) is 13.0. The molecule has 0 aromatic rings. The summed E-state index contributed by atoms with van der Waals surface area (Å²) in [6, 6.07) is 0. The molecule has 0 atom stereocenters. The highest BCUT2D eigenvalue weighted by Crippen LogP contribution is 2.40. The lowest BCUT2D eigenvalue weighted by Gasteiger charge is -2.40. The zero-order valence-electron chi connectivity index (χ0n) is 13.0. The van der Waals surface area contributed by atoms with Crippen LogP contribution < -0.4 is 11.1 Å². The number of hydrogen-bond donors (Lipinski definition) is 3. The predicted molar refractivity (Wildman–Crippen MR) is 80.2 cm³/mol. The molecule has 4 heteroatoms. The van der Waals surface area contributed by atoms with Gasteiger partial charge < -0.3 is 16.2 Å². The van der Waals surface area contributed by atoms with Crippen molar-refractivity contribution < 1.29 is 9.90 Å². The monoisotopic (exact) mass is 282 g/mol. The largest absolute Gasteiger partial charge is 0.388 e. The van der Waals surface area contributed by atoms with Crippen LogP contribution >= 0.6 is 0 Å². The van der Waals surface area contributed by atoms with Gasteiger partial charge in [0.05, 0.1) is 11.0 Å². The molecular weight excluding hydrogens is 252 g/mol. The second kappa shape index (κ2) is 5.64. The van der Waals surface area contributed by atoms with Crippen molar-refractivity contribution in [2.24, 2.45) is 16.6 Å². The summed E-state index contributed by atoms with van der Waals surface area (Å²) < 4.78 is 0. The van der Waals surface area contributed by atoms with Crippen LogP contribution in [0.2, 0.25) is 0 Å². The Morgan fingerprint density at radius 3 is 2.15 bits per heavy atom. The van der Waals surface area contributed by atoms with Crippen LogP contribution in [0.3, 0.4) is 0 Å². The molecule has 0 saturated heterocycles. The van der Waals surface area contributed by atoms with Crippen LogP contribution in [-0.2, 0) is 4.79 Å². The Kier molecular flexibility index (Phi) is 4.45. The topological polar surface area (TPSA) is 75.3 Å². The molecule has 0 aliphatic heterocycles. The van der Waals surface area contributed by atoms with Gasteiger partial charge >= 0.3 is 0 Å². The van der Waals surface area contributed by atoms with Crippen LogP contribution in [0.4, 0.5) is 0 Å². The number of carbonyl (C=O) groups is 1. The summed E-state index contributed by atoms with van der Waals surface area (Å²) in [4.78, 5) is 12.4. The van der Waals surface area contributed by atoms with Gasteiger partial charge in [-0.2, -0.15) is 0 Å². The van der Waals surface area contributed by atoms with E-state index in [4.69, 9.17) is 5.73 Å². The molecule has 4 N–H and O–H groups in total. The standard InChI is InChI=1S/C16H30N2O2/c1-14(2)7-9-16(20,10-8-14)12-18-13(19)15(11-17)5-3-4-6-15/h20H,3-12,17H2,1-2H3,(H,18,19). The van der Waals surface area contributed by atoms with Gasteiger partial charge in [0.25, 0.3) is 0 Å². The molecule has 0 bridgehead atoms. The van der Waals surface area contributed by atoms with E-state index in [1.165, 1.54) is 0 Å². The molecule has 0 aromatic heterocycles. The van der Waals surface area contributed by atoms with E-state index in [1.807, 2.05) is 0 Å². The molecule has 0 radical (unpaired) electrons. The van der Waals surface area contributed by atoms with Gasteiger partial charge in [0, 0.05) is 13.1 Å². The van der Waals surface area contributed by atoms with E-state index in [2.05, 4.69) is 19.2 Å². The maximum Gasteiger partial charge on any atom is 0.227 e. The van der Waals surface area contributed by atoms with Gasteiger partial charge in [0.2, 0.25) is 5.91 Å². The van der Waals surface area contributed by atoms with E-state index in [0.29, 0.717) is 18.5 Å². The third-order valence-corrected chi connectivity index (χ3v) is 5.55. The number of aliphatic hydroxyl groups is 1. The SMILES string of the molecule is CC1(C)CCC(O)(CNC(=O)C2(CN)CCCC2)CC1. The van der Waals surface area contributed by atoms with Crippen LogP contribution in [-0.4, -0.2) is 29.7 Å². The first-order valence-corrected chi connectivity index (χ1v) is 8.02. The number of nitrogens with two attached hydrogens (primary N) is 1. The first-order chi connectivity index (χ1) is 9.31. The molecular formula is C16H30N2O2. The van der Waals surface area contributed by atoms with E-state index in [0.717, 1.165) is 51.4 Å². The van der Waals surface area contributed by atoms with Gasteiger partial charge in [-0.3, -0.25) is 4.79 Å². The summed E-state index contributed by atoms with van der Waals surface area (Å²) in [5.41, 5.74) is 5.05. The lowest BCUT2D eigenvalue weighted by atomic mass is 9.71. The molecule has 2 aliphatic rings. The summed E-state index contributed by atoms with van der Waals surface area (Å²) in [7, 11) is 0. The molecule has 2 aliphatic carbocycles. The molecule has 0 spiro atoms. The van der Waals surface area contributed by atoms with Crippen LogP contribution in [0.5, 0.6) is 0 Å². The molecule has 20 heavy (non-hydrogen) atoms. The minimum absolute atomic E-state index is 0.0516. The average Bonchev–Trinajstić information content (AvgIpc) is 2.90. The second-order valence-electron chi connectivity index (χ2n) is 7.76. The summed E-state index contributed by atoms with van der Waals surface area (Å²) in [6.07, 6.45) is 7.53. The Hall–Kier alpha value is -0.610. The maximum atomic E-state index is 12.4. The fourth-order valence-electron chi connectivity index (χ4n) is 3.58. The minimum atomic E-state index is -0.723. The summed E-state index contributed by atoms with van der Waals surface area (Å²) in [6.45, 7) is 5.29. The molecule has 2 fully saturated rings. The number of rotatable bonds is 4. The maximum absolute atomic E-state index is 12.4. The Labute approximate surface area is 122 Å².